The van der Waals surface area contributed by atoms with E-state index in [4.69, 9.17) is 10.5 Å². The standard InChI is InChI=1S/C16H22N2O2S.ClH/c1-20-12-3-2-4-13(7-12)21-10-16(19)18-8-11-5-6-15(17)14(11)9-18;/h2-4,7,11,14-15H,5-6,8-10,17H2,1H3;1H. The lowest BCUT2D eigenvalue weighted by Gasteiger charge is -2.18. The summed E-state index contributed by atoms with van der Waals surface area (Å²) in [5.41, 5.74) is 6.12. The van der Waals surface area contributed by atoms with Gasteiger partial charge in [-0.2, -0.15) is 0 Å². The van der Waals surface area contributed by atoms with Gasteiger partial charge in [-0.1, -0.05) is 6.07 Å². The Morgan fingerprint density at radius 3 is 2.95 bits per heavy atom. The van der Waals surface area contributed by atoms with Crippen LogP contribution in [0.2, 0.25) is 0 Å². The van der Waals surface area contributed by atoms with Gasteiger partial charge in [0.15, 0.2) is 0 Å². The number of carbonyl (C=O) groups is 1. The highest BCUT2D eigenvalue weighted by Gasteiger charge is 2.42. The summed E-state index contributed by atoms with van der Waals surface area (Å²) in [6.45, 7) is 1.75. The Kier molecular flexibility index (Phi) is 6.01. The van der Waals surface area contributed by atoms with E-state index in [0.717, 1.165) is 30.2 Å². The van der Waals surface area contributed by atoms with Crippen LogP contribution in [0.4, 0.5) is 0 Å². The van der Waals surface area contributed by atoms with E-state index in [1.807, 2.05) is 29.2 Å². The summed E-state index contributed by atoms with van der Waals surface area (Å²) < 4.78 is 5.20. The van der Waals surface area contributed by atoms with Crippen molar-refractivity contribution in [2.45, 2.75) is 23.8 Å². The second-order valence-corrected chi connectivity index (χ2v) is 6.98. The molecule has 1 aliphatic heterocycles. The molecule has 6 heteroatoms. The van der Waals surface area contributed by atoms with Crippen LogP contribution in [0.25, 0.3) is 0 Å². The Morgan fingerprint density at radius 2 is 2.23 bits per heavy atom. The van der Waals surface area contributed by atoms with E-state index in [9.17, 15) is 4.79 Å². The van der Waals surface area contributed by atoms with Crippen LogP contribution in [-0.2, 0) is 4.79 Å². The van der Waals surface area contributed by atoms with Crippen LogP contribution in [-0.4, -0.2) is 42.8 Å². The first-order valence-corrected chi connectivity index (χ1v) is 8.46. The van der Waals surface area contributed by atoms with E-state index in [2.05, 4.69) is 0 Å². The number of hydrogen-bond donors (Lipinski definition) is 1. The Hall–Kier alpha value is -0.910. The van der Waals surface area contributed by atoms with E-state index < -0.39 is 0 Å². The summed E-state index contributed by atoms with van der Waals surface area (Å²) in [5.74, 6) is 2.70. The third-order valence-corrected chi connectivity index (χ3v) is 5.65. The first kappa shape index (κ1) is 17.4. The number of amides is 1. The lowest BCUT2D eigenvalue weighted by atomic mass is 9.98. The highest BCUT2D eigenvalue weighted by atomic mass is 35.5. The number of halogens is 1. The number of hydrogen-bond acceptors (Lipinski definition) is 4. The molecule has 1 amide bonds. The summed E-state index contributed by atoms with van der Waals surface area (Å²) in [7, 11) is 1.65. The molecule has 0 radical (unpaired) electrons. The number of likely N-dealkylation sites (tertiary alicyclic amines) is 1. The second kappa shape index (κ2) is 7.57. The second-order valence-electron chi connectivity index (χ2n) is 5.93. The predicted molar refractivity (Wildman–Crippen MR) is 91.7 cm³/mol. The largest absolute Gasteiger partial charge is 0.497 e. The molecule has 1 aromatic rings. The van der Waals surface area contributed by atoms with E-state index in [0.29, 0.717) is 23.6 Å². The maximum Gasteiger partial charge on any atom is 0.232 e. The van der Waals surface area contributed by atoms with Crippen molar-refractivity contribution in [2.75, 3.05) is 26.0 Å². The molecule has 3 atom stereocenters. The molecular weight excluding hydrogens is 320 g/mol. The minimum atomic E-state index is 0. The SMILES string of the molecule is COc1cccc(SCC(=O)N2CC3CCC(N)C3C2)c1.Cl. The van der Waals surface area contributed by atoms with Gasteiger partial charge in [0.25, 0.3) is 0 Å². The van der Waals surface area contributed by atoms with Crippen LogP contribution in [0, 0.1) is 11.8 Å². The minimum Gasteiger partial charge on any atom is -0.497 e. The number of thioether (sulfide) groups is 1. The topological polar surface area (TPSA) is 55.6 Å². The van der Waals surface area contributed by atoms with Gasteiger partial charge in [-0.3, -0.25) is 4.79 Å². The van der Waals surface area contributed by atoms with Gasteiger partial charge in [0.2, 0.25) is 5.91 Å². The highest BCUT2D eigenvalue weighted by molar-refractivity contribution is 8.00. The van der Waals surface area contributed by atoms with Gasteiger partial charge in [-0.05, 0) is 42.9 Å². The Labute approximate surface area is 142 Å². The molecule has 0 aromatic heterocycles. The number of benzene rings is 1. The van der Waals surface area contributed by atoms with E-state index >= 15 is 0 Å². The Balaban J connectivity index is 0.00000176. The van der Waals surface area contributed by atoms with Gasteiger partial charge >= 0.3 is 0 Å². The molecule has 2 fully saturated rings. The molecule has 1 aliphatic carbocycles. The van der Waals surface area contributed by atoms with Crippen molar-refractivity contribution in [1.29, 1.82) is 0 Å². The normalized spacial score (nSPS) is 26.5. The summed E-state index contributed by atoms with van der Waals surface area (Å²) in [6, 6.07) is 8.13. The first-order chi connectivity index (χ1) is 10.2. The lowest BCUT2D eigenvalue weighted by molar-refractivity contribution is -0.127. The van der Waals surface area contributed by atoms with Crippen molar-refractivity contribution in [3.05, 3.63) is 24.3 Å². The van der Waals surface area contributed by atoms with Crippen molar-refractivity contribution in [3.63, 3.8) is 0 Å². The predicted octanol–water partition coefficient (Wildman–Crippen LogP) is 2.40. The summed E-state index contributed by atoms with van der Waals surface area (Å²) in [5, 5.41) is 0. The van der Waals surface area contributed by atoms with Gasteiger partial charge in [0.1, 0.15) is 5.75 Å². The highest BCUT2D eigenvalue weighted by Crippen LogP contribution is 2.37. The van der Waals surface area contributed by atoms with Gasteiger partial charge in [0.05, 0.1) is 12.9 Å². The van der Waals surface area contributed by atoms with E-state index in [-0.39, 0.29) is 18.3 Å². The monoisotopic (exact) mass is 342 g/mol. The first-order valence-electron chi connectivity index (χ1n) is 7.47. The van der Waals surface area contributed by atoms with Crippen LogP contribution in [0.5, 0.6) is 5.75 Å². The molecule has 1 heterocycles. The summed E-state index contributed by atoms with van der Waals surface area (Å²) in [4.78, 5) is 15.4. The van der Waals surface area contributed by atoms with Crippen molar-refractivity contribution in [1.82, 2.24) is 4.90 Å². The maximum atomic E-state index is 12.3. The molecule has 22 heavy (non-hydrogen) atoms. The minimum absolute atomic E-state index is 0. The van der Waals surface area contributed by atoms with Gasteiger partial charge in [-0.25, -0.2) is 0 Å². The average Bonchev–Trinajstić information content (AvgIpc) is 3.07. The lowest BCUT2D eigenvalue weighted by Crippen LogP contribution is -2.34. The molecule has 2 aliphatic rings. The zero-order chi connectivity index (χ0) is 14.8. The van der Waals surface area contributed by atoms with Crippen LogP contribution in [0.1, 0.15) is 12.8 Å². The van der Waals surface area contributed by atoms with Crippen molar-refractivity contribution < 1.29 is 9.53 Å². The maximum absolute atomic E-state index is 12.3. The molecule has 3 unspecified atom stereocenters. The Bertz CT molecular complexity index is 529. The number of ether oxygens (including phenoxy) is 1. The van der Waals surface area contributed by atoms with Crippen molar-refractivity contribution in [2.24, 2.45) is 17.6 Å². The number of carbonyl (C=O) groups excluding carboxylic acids is 1. The molecule has 3 rings (SSSR count). The molecule has 0 spiro atoms. The number of rotatable bonds is 4. The molecular formula is C16H23ClN2O2S. The number of nitrogens with two attached hydrogens (primary N) is 1. The molecule has 4 nitrogen and oxygen atoms in total. The smallest absolute Gasteiger partial charge is 0.232 e. The van der Waals surface area contributed by atoms with Crippen LogP contribution in [0.3, 0.4) is 0 Å². The number of nitrogens with zero attached hydrogens (tertiary/aromatic N) is 1. The quantitative estimate of drug-likeness (QED) is 0.854. The molecule has 1 aromatic carbocycles. The Morgan fingerprint density at radius 1 is 1.41 bits per heavy atom. The number of fused-ring (bicyclic) bond motifs is 1. The average molecular weight is 343 g/mol. The van der Waals surface area contributed by atoms with Crippen LogP contribution in [0.15, 0.2) is 29.2 Å². The molecule has 0 bridgehead atoms. The van der Waals surface area contributed by atoms with Crippen molar-refractivity contribution >= 4 is 30.1 Å². The van der Waals surface area contributed by atoms with Crippen molar-refractivity contribution in [3.8, 4) is 5.75 Å². The fraction of sp³-hybridized carbons (Fsp3) is 0.562. The van der Waals surface area contributed by atoms with E-state index in [1.165, 1.54) is 6.42 Å². The van der Waals surface area contributed by atoms with Crippen LogP contribution >= 0.6 is 24.2 Å². The number of methoxy groups -OCH3 is 1. The fourth-order valence-electron chi connectivity index (χ4n) is 3.44. The van der Waals surface area contributed by atoms with Crippen LogP contribution < -0.4 is 10.5 Å². The zero-order valence-corrected chi connectivity index (χ0v) is 14.4. The third-order valence-electron chi connectivity index (χ3n) is 4.67. The van der Waals surface area contributed by atoms with Gasteiger partial charge in [0, 0.05) is 24.0 Å². The molecule has 1 saturated carbocycles. The summed E-state index contributed by atoms with van der Waals surface area (Å²) >= 11 is 1.57. The molecule has 122 valence electrons. The summed E-state index contributed by atoms with van der Waals surface area (Å²) in [6.07, 6.45) is 2.30. The molecule has 1 saturated heterocycles. The zero-order valence-electron chi connectivity index (χ0n) is 12.7. The van der Waals surface area contributed by atoms with Gasteiger partial charge in [-0.15, -0.1) is 24.2 Å². The molecule has 2 N–H and O–H groups in total. The van der Waals surface area contributed by atoms with E-state index in [1.54, 1.807) is 18.9 Å². The fourth-order valence-corrected chi connectivity index (χ4v) is 4.29. The third kappa shape index (κ3) is 3.70. The van der Waals surface area contributed by atoms with Gasteiger partial charge < -0.3 is 15.4 Å².